The van der Waals surface area contributed by atoms with E-state index in [0.29, 0.717) is 11.5 Å². The van der Waals surface area contributed by atoms with E-state index in [1.807, 2.05) is 12.1 Å². The third-order valence-corrected chi connectivity index (χ3v) is 3.65. The molecule has 102 valence electrons. The number of anilines is 2. The van der Waals surface area contributed by atoms with Gasteiger partial charge in [-0.25, -0.2) is 0 Å². The van der Waals surface area contributed by atoms with E-state index in [0.717, 1.165) is 22.0 Å². The molecule has 2 N–H and O–H groups in total. The molecule has 7 heteroatoms. The Bertz CT molecular complexity index is 771. The third kappa shape index (κ3) is 2.48. The van der Waals surface area contributed by atoms with Gasteiger partial charge in [-0.2, -0.15) is 15.1 Å². The lowest BCUT2D eigenvalue weighted by atomic mass is 10.1. The van der Waals surface area contributed by atoms with Gasteiger partial charge in [-0.05, 0) is 41.8 Å². The highest BCUT2D eigenvalue weighted by atomic mass is 79.9. The number of hydrogen-bond acceptors (Lipinski definition) is 4. The smallest absolute Gasteiger partial charge is 0.226 e. The Kier molecular flexibility index (Phi) is 3.58. The predicted octanol–water partition coefficient (Wildman–Crippen LogP) is 4.07. The van der Waals surface area contributed by atoms with Crippen molar-refractivity contribution in [1.82, 2.24) is 20.2 Å². The van der Waals surface area contributed by atoms with Gasteiger partial charge in [0, 0.05) is 10.2 Å². The molecule has 0 amide bonds. The number of aromatic amines is 1. The number of fused-ring (bicyclic) bond motifs is 1. The summed E-state index contributed by atoms with van der Waals surface area (Å²) in [6.45, 7) is 2.10. The van der Waals surface area contributed by atoms with Gasteiger partial charge in [0.25, 0.3) is 0 Å². The van der Waals surface area contributed by atoms with Gasteiger partial charge in [0.15, 0.2) is 5.65 Å². The monoisotopic (exact) mass is 351 g/mol. The second-order valence-electron chi connectivity index (χ2n) is 4.25. The second kappa shape index (κ2) is 5.38. The molecule has 5 nitrogen and oxygen atoms in total. The standard InChI is InChI=1S/C13H11BrClN5/c1-2-7-5-8(14)3-4-10(7)17-11-9-6-16-20-12(9)19-13(15)18-11/h3-6H,2H2,1H3,(H2,16,17,18,19,20). The van der Waals surface area contributed by atoms with E-state index in [1.165, 1.54) is 5.56 Å². The maximum absolute atomic E-state index is 5.93. The van der Waals surface area contributed by atoms with Crippen LogP contribution in [0, 0.1) is 0 Å². The van der Waals surface area contributed by atoms with E-state index in [2.05, 4.69) is 54.4 Å². The molecule has 0 saturated carbocycles. The maximum atomic E-state index is 5.93. The van der Waals surface area contributed by atoms with Crippen LogP contribution in [0.5, 0.6) is 0 Å². The van der Waals surface area contributed by atoms with Crippen molar-refractivity contribution in [3.8, 4) is 0 Å². The molecule has 0 saturated heterocycles. The van der Waals surface area contributed by atoms with E-state index < -0.39 is 0 Å². The van der Waals surface area contributed by atoms with E-state index >= 15 is 0 Å². The highest BCUT2D eigenvalue weighted by Gasteiger charge is 2.10. The van der Waals surface area contributed by atoms with E-state index in [4.69, 9.17) is 11.6 Å². The van der Waals surface area contributed by atoms with Crippen LogP contribution in [0.3, 0.4) is 0 Å². The zero-order valence-corrected chi connectivity index (χ0v) is 13.0. The van der Waals surface area contributed by atoms with Crippen LogP contribution in [-0.4, -0.2) is 20.2 Å². The minimum atomic E-state index is 0.180. The van der Waals surface area contributed by atoms with E-state index in [1.54, 1.807) is 6.20 Å². The fourth-order valence-corrected chi connectivity index (χ4v) is 2.58. The molecule has 2 heterocycles. The topological polar surface area (TPSA) is 66.5 Å². The van der Waals surface area contributed by atoms with Crippen molar-refractivity contribution in [3.63, 3.8) is 0 Å². The lowest BCUT2D eigenvalue weighted by Crippen LogP contribution is -1.99. The van der Waals surface area contributed by atoms with Gasteiger partial charge in [0.1, 0.15) is 5.82 Å². The van der Waals surface area contributed by atoms with E-state index in [9.17, 15) is 0 Å². The third-order valence-electron chi connectivity index (χ3n) is 2.98. The molecule has 1 aromatic carbocycles. The van der Waals surface area contributed by atoms with Crippen molar-refractivity contribution in [2.75, 3.05) is 5.32 Å². The number of H-pyrrole nitrogens is 1. The van der Waals surface area contributed by atoms with Crippen LogP contribution in [0.25, 0.3) is 11.0 Å². The molecule has 0 spiro atoms. The molecule has 3 rings (SSSR count). The Morgan fingerprint density at radius 1 is 1.35 bits per heavy atom. The summed E-state index contributed by atoms with van der Waals surface area (Å²) in [5, 5.41) is 11.0. The Balaban J connectivity index is 2.07. The molecule has 0 aliphatic carbocycles. The molecule has 0 unspecified atom stereocenters. The molecular formula is C13H11BrClN5. The first kappa shape index (κ1) is 13.3. The van der Waals surface area contributed by atoms with Crippen molar-refractivity contribution in [1.29, 1.82) is 0 Å². The number of aryl methyl sites for hydroxylation is 1. The Morgan fingerprint density at radius 2 is 2.20 bits per heavy atom. The largest absolute Gasteiger partial charge is 0.339 e. The summed E-state index contributed by atoms with van der Waals surface area (Å²) in [5.74, 6) is 0.644. The molecule has 0 radical (unpaired) electrons. The zero-order valence-electron chi connectivity index (χ0n) is 10.6. The average molecular weight is 353 g/mol. The van der Waals surface area contributed by atoms with Gasteiger partial charge in [-0.3, -0.25) is 5.10 Å². The van der Waals surface area contributed by atoms with Crippen molar-refractivity contribution >= 4 is 50.1 Å². The van der Waals surface area contributed by atoms with Crippen molar-refractivity contribution in [3.05, 3.63) is 39.7 Å². The number of rotatable bonds is 3. The van der Waals surface area contributed by atoms with Gasteiger partial charge in [-0.15, -0.1) is 0 Å². The Labute approximate surface area is 128 Å². The summed E-state index contributed by atoms with van der Waals surface area (Å²) in [5.41, 5.74) is 2.79. The number of nitrogens with zero attached hydrogens (tertiary/aromatic N) is 3. The lowest BCUT2D eigenvalue weighted by Gasteiger charge is -2.11. The van der Waals surface area contributed by atoms with Crippen LogP contribution < -0.4 is 5.32 Å². The SMILES string of the molecule is CCc1cc(Br)ccc1Nc1nc(Cl)nc2[nH]ncc12. The van der Waals surface area contributed by atoms with Gasteiger partial charge < -0.3 is 5.32 Å². The second-order valence-corrected chi connectivity index (χ2v) is 5.51. The summed E-state index contributed by atoms with van der Waals surface area (Å²) in [6.07, 6.45) is 2.59. The number of aromatic nitrogens is 4. The first-order chi connectivity index (χ1) is 9.67. The maximum Gasteiger partial charge on any atom is 0.226 e. The van der Waals surface area contributed by atoms with Gasteiger partial charge in [0.2, 0.25) is 5.28 Å². The summed E-state index contributed by atoms with van der Waals surface area (Å²) in [7, 11) is 0. The fraction of sp³-hybridized carbons (Fsp3) is 0.154. The highest BCUT2D eigenvalue weighted by molar-refractivity contribution is 9.10. The summed E-state index contributed by atoms with van der Waals surface area (Å²) < 4.78 is 1.05. The molecule has 3 aromatic rings. The molecular weight excluding hydrogens is 342 g/mol. The van der Waals surface area contributed by atoms with Gasteiger partial charge in [0.05, 0.1) is 11.6 Å². The van der Waals surface area contributed by atoms with Gasteiger partial charge >= 0.3 is 0 Å². The molecule has 0 fully saturated rings. The summed E-state index contributed by atoms with van der Waals surface area (Å²) in [4.78, 5) is 8.32. The molecule has 0 bridgehead atoms. The van der Waals surface area contributed by atoms with Crippen LogP contribution in [0.1, 0.15) is 12.5 Å². The first-order valence-electron chi connectivity index (χ1n) is 6.09. The van der Waals surface area contributed by atoms with Gasteiger partial charge in [-0.1, -0.05) is 22.9 Å². The molecule has 20 heavy (non-hydrogen) atoms. The minimum absolute atomic E-state index is 0.180. The average Bonchev–Trinajstić information content (AvgIpc) is 2.88. The summed E-state index contributed by atoms with van der Waals surface area (Å²) in [6, 6.07) is 6.07. The number of hydrogen-bond donors (Lipinski definition) is 2. The first-order valence-corrected chi connectivity index (χ1v) is 7.26. The van der Waals surface area contributed by atoms with Crippen LogP contribution >= 0.6 is 27.5 Å². The Hall–Kier alpha value is -1.66. The predicted molar refractivity (Wildman–Crippen MR) is 83.5 cm³/mol. The number of nitrogens with one attached hydrogen (secondary N) is 2. The quantitative estimate of drug-likeness (QED) is 0.697. The summed E-state index contributed by atoms with van der Waals surface area (Å²) >= 11 is 9.41. The molecule has 0 aliphatic heterocycles. The van der Waals surface area contributed by atoms with Crippen LogP contribution in [0.2, 0.25) is 5.28 Å². The number of halogens is 2. The molecule has 0 atom stereocenters. The van der Waals surface area contributed by atoms with Crippen LogP contribution in [-0.2, 0) is 6.42 Å². The van der Waals surface area contributed by atoms with Crippen LogP contribution in [0.15, 0.2) is 28.9 Å². The molecule has 2 aromatic heterocycles. The molecule has 0 aliphatic rings. The normalized spacial score (nSPS) is 10.9. The minimum Gasteiger partial charge on any atom is -0.339 e. The highest BCUT2D eigenvalue weighted by Crippen LogP contribution is 2.28. The van der Waals surface area contributed by atoms with Crippen LogP contribution in [0.4, 0.5) is 11.5 Å². The number of benzene rings is 1. The van der Waals surface area contributed by atoms with Crippen molar-refractivity contribution < 1.29 is 0 Å². The van der Waals surface area contributed by atoms with Crippen molar-refractivity contribution in [2.45, 2.75) is 13.3 Å². The lowest BCUT2D eigenvalue weighted by molar-refractivity contribution is 1.09. The fourth-order valence-electron chi connectivity index (χ4n) is 2.01. The Morgan fingerprint density at radius 3 is 3.00 bits per heavy atom. The van der Waals surface area contributed by atoms with Crippen molar-refractivity contribution in [2.24, 2.45) is 0 Å². The van der Waals surface area contributed by atoms with E-state index in [-0.39, 0.29) is 5.28 Å². The zero-order chi connectivity index (χ0) is 14.1.